The van der Waals surface area contributed by atoms with Crippen LogP contribution < -0.4 is 0 Å². The molecule has 1 rings (SSSR count). The first kappa shape index (κ1) is 17.8. The normalized spacial score (nSPS) is 17.6. The summed E-state index contributed by atoms with van der Waals surface area (Å²) in [6, 6.07) is 2.08. The summed E-state index contributed by atoms with van der Waals surface area (Å²) in [5.74, 6) is -0.432. The van der Waals surface area contributed by atoms with Crippen LogP contribution in [-0.2, 0) is 19.7 Å². The van der Waals surface area contributed by atoms with Gasteiger partial charge in [0.25, 0.3) is 10.2 Å². The van der Waals surface area contributed by atoms with Crippen molar-refractivity contribution in [2.45, 2.75) is 12.8 Å². The zero-order chi connectivity index (χ0) is 15.9. The molecular weight excluding hydrogens is 296 g/mol. The first-order chi connectivity index (χ1) is 9.91. The first-order valence-corrected chi connectivity index (χ1v) is 8.19. The van der Waals surface area contributed by atoms with E-state index in [4.69, 9.17) is 5.26 Å². The van der Waals surface area contributed by atoms with Crippen molar-refractivity contribution >= 4 is 16.2 Å². The van der Waals surface area contributed by atoms with Gasteiger partial charge in [-0.3, -0.25) is 9.69 Å². The summed E-state index contributed by atoms with van der Waals surface area (Å²) in [5, 5.41) is 8.55. The highest BCUT2D eigenvalue weighted by Gasteiger charge is 2.30. The van der Waals surface area contributed by atoms with Crippen LogP contribution in [0, 0.1) is 11.3 Å². The minimum atomic E-state index is -3.54. The number of esters is 1. The van der Waals surface area contributed by atoms with Gasteiger partial charge in [0.1, 0.15) is 0 Å². The molecule has 0 aromatic carbocycles. The van der Waals surface area contributed by atoms with Gasteiger partial charge in [0.05, 0.1) is 19.6 Å². The van der Waals surface area contributed by atoms with E-state index in [-0.39, 0.29) is 13.0 Å². The van der Waals surface area contributed by atoms with Gasteiger partial charge < -0.3 is 4.74 Å². The summed E-state index contributed by atoms with van der Waals surface area (Å²) in [6.07, 6.45) is 0.486. The minimum absolute atomic E-state index is 0.0361. The fraction of sp³-hybridized carbons (Fsp3) is 0.833. The van der Waals surface area contributed by atoms with Gasteiger partial charge >= 0.3 is 5.97 Å². The molecule has 9 heteroatoms. The second kappa shape index (κ2) is 8.29. The van der Waals surface area contributed by atoms with E-state index < -0.39 is 16.2 Å². The molecule has 0 saturated carbocycles. The maximum absolute atomic E-state index is 12.3. The lowest BCUT2D eigenvalue weighted by molar-refractivity contribution is -0.140. The van der Waals surface area contributed by atoms with Crippen molar-refractivity contribution in [1.29, 1.82) is 5.26 Å². The Morgan fingerprint density at radius 3 is 2.48 bits per heavy atom. The number of hydrogen-bond donors (Lipinski definition) is 0. The van der Waals surface area contributed by atoms with E-state index >= 15 is 0 Å². The van der Waals surface area contributed by atoms with Gasteiger partial charge in [-0.25, -0.2) is 0 Å². The molecular formula is C12H22N4O4S. The molecule has 21 heavy (non-hydrogen) atoms. The van der Waals surface area contributed by atoms with Gasteiger partial charge in [-0.2, -0.15) is 22.3 Å². The SMILES string of the molecule is COC(=O)CCN(C)S(=O)(=O)N1CCN(CCC#N)CC1. The molecule has 0 aromatic heterocycles. The maximum Gasteiger partial charge on any atom is 0.306 e. The largest absolute Gasteiger partial charge is 0.469 e. The molecule has 1 aliphatic heterocycles. The monoisotopic (exact) mass is 318 g/mol. The summed E-state index contributed by atoms with van der Waals surface area (Å²) in [5.41, 5.74) is 0. The van der Waals surface area contributed by atoms with Crippen LogP contribution in [0.1, 0.15) is 12.8 Å². The molecule has 0 spiro atoms. The third-order valence-electron chi connectivity index (χ3n) is 3.45. The lowest BCUT2D eigenvalue weighted by atomic mass is 10.3. The van der Waals surface area contributed by atoms with Crippen LogP contribution in [0.5, 0.6) is 0 Å². The van der Waals surface area contributed by atoms with E-state index in [0.717, 1.165) is 0 Å². The number of carbonyl (C=O) groups is 1. The molecule has 0 unspecified atom stereocenters. The molecule has 0 N–H and O–H groups in total. The van der Waals surface area contributed by atoms with E-state index in [1.54, 1.807) is 0 Å². The quantitative estimate of drug-likeness (QED) is 0.574. The summed E-state index contributed by atoms with van der Waals surface area (Å²) in [6.45, 7) is 2.80. The van der Waals surface area contributed by atoms with Crippen LogP contribution in [0.25, 0.3) is 0 Å². The van der Waals surface area contributed by atoms with Crippen LogP contribution in [0.2, 0.25) is 0 Å². The number of carbonyl (C=O) groups excluding carboxylic acids is 1. The van der Waals surface area contributed by atoms with Crippen molar-refractivity contribution in [3.05, 3.63) is 0 Å². The maximum atomic E-state index is 12.3. The standard InChI is InChI=1S/C12H22N4O4S/c1-14(7-4-12(17)20-2)21(18,19)16-10-8-15(9-11-16)6-3-5-13/h3-4,6-11H2,1-2H3. The zero-order valence-electron chi connectivity index (χ0n) is 12.5. The molecule has 0 aliphatic carbocycles. The Kier molecular flexibility index (Phi) is 7.04. The lowest BCUT2D eigenvalue weighted by Gasteiger charge is -2.35. The Labute approximate surface area is 126 Å². The van der Waals surface area contributed by atoms with Gasteiger partial charge in [-0.1, -0.05) is 0 Å². The predicted molar refractivity (Wildman–Crippen MR) is 76.4 cm³/mol. The molecule has 0 atom stereocenters. The molecule has 1 saturated heterocycles. The second-order valence-electron chi connectivity index (χ2n) is 4.80. The fourth-order valence-corrected chi connectivity index (χ4v) is 3.40. The Morgan fingerprint density at radius 2 is 1.95 bits per heavy atom. The summed E-state index contributed by atoms with van der Waals surface area (Å²) in [4.78, 5) is 13.1. The smallest absolute Gasteiger partial charge is 0.306 e. The van der Waals surface area contributed by atoms with E-state index in [0.29, 0.717) is 39.1 Å². The third-order valence-corrected chi connectivity index (χ3v) is 5.44. The number of hydrogen-bond acceptors (Lipinski definition) is 6. The zero-order valence-corrected chi connectivity index (χ0v) is 13.3. The molecule has 0 radical (unpaired) electrons. The molecule has 1 aliphatic rings. The van der Waals surface area contributed by atoms with Crippen molar-refractivity contribution in [3.63, 3.8) is 0 Å². The number of ether oxygens (including phenoxy) is 1. The van der Waals surface area contributed by atoms with Crippen molar-refractivity contribution in [2.24, 2.45) is 0 Å². The number of nitrogens with zero attached hydrogens (tertiary/aromatic N) is 4. The molecule has 0 amide bonds. The molecule has 0 bridgehead atoms. The predicted octanol–water partition coefficient (Wildman–Crippen LogP) is -0.743. The third kappa shape index (κ3) is 5.24. The Hall–Kier alpha value is -1.21. The van der Waals surface area contributed by atoms with Gasteiger partial charge in [0.2, 0.25) is 0 Å². The van der Waals surface area contributed by atoms with Gasteiger partial charge in [0, 0.05) is 52.7 Å². The number of nitriles is 1. The molecule has 8 nitrogen and oxygen atoms in total. The highest BCUT2D eigenvalue weighted by Crippen LogP contribution is 2.11. The van der Waals surface area contributed by atoms with E-state index in [2.05, 4.69) is 15.7 Å². The van der Waals surface area contributed by atoms with Gasteiger partial charge in [-0.05, 0) is 0 Å². The van der Waals surface area contributed by atoms with Crippen molar-refractivity contribution in [1.82, 2.24) is 13.5 Å². The first-order valence-electron chi connectivity index (χ1n) is 6.79. The number of rotatable bonds is 7. The van der Waals surface area contributed by atoms with E-state index in [1.807, 2.05) is 0 Å². The highest BCUT2D eigenvalue weighted by atomic mass is 32.2. The number of piperazine rings is 1. The van der Waals surface area contributed by atoms with Crippen molar-refractivity contribution < 1.29 is 17.9 Å². The minimum Gasteiger partial charge on any atom is -0.469 e. The average Bonchev–Trinajstić information content (AvgIpc) is 2.50. The molecule has 1 fully saturated rings. The van der Waals surface area contributed by atoms with E-state index in [1.165, 1.54) is 22.8 Å². The summed E-state index contributed by atoms with van der Waals surface area (Å²) < 4.78 is 31.8. The van der Waals surface area contributed by atoms with Crippen molar-refractivity contribution in [2.75, 3.05) is 53.4 Å². The molecule has 120 valence electrons. The Bertz CT molecular complexity index is 480. The van der Waals surface area contributed by atoms with Crippen LogP contribution in [0.4, 0.5) is 0 Å². The van der Waals surface area contributed by atoms with Gasteiger partial charge in [-0.15, -0.1) is 0 Å². The lowest BCUT2D eigenvalue weighted by Crippen LogP contribution is -2.52. The highest BCUT2D eigenvalue weighted by molar-refractivity contribution is 7.86. The molecule has 1 heterocycles. The summed E-state index contributed by atoms with van der Waals surface area (Å²) in [7, 11) is -0.809. The second-order valence-corrected chi connectivity index (χ2v) is 6.84. The van der Waals surface area contributed by atoms with Crippen molar-refractivity contribution in [3.8, 4) is 6.07 Å². The Morgan fingerprint density at radius 1 is 1.33 bits per heavy atom. The molecule has 0 aromatic rings. The van der Waals surface area contributed by atoms with Crippen LogP contribution in [0.3, 0.4) is 0 Å². The van der Waals surface area contributed by atoms with Crippen LogP contribution in [-0.4, -0.2) is 81.3 Å². The number of methoxy groups -OCH3 is 1. The van der Waals surface area contributed by atoms with Crippen LogP contribution >= 0.6 is 0 Å². The van der Waals surface area contributed by atoms with E-state index in [9.17, 15) is 13.2 Å². The fourth-order valence-electron chi connectivity index (χ4n) is 2.06. The Balaban J connectivity index is 2.48. The topological polar surface area (TPSA) is 93.9 Å². The van der Waals surface area contributed by atoms with Gasteiger partial charge in [0.15, 0.2) is 0 Å². The average molecular weight is 318 g/mol. The van der Waals surface area contributed by atoms with Crippen LogP contribution in [0.15, 0.2) is 0 Å². The summed E-state index contributed by atoms with van der Waals surface area (Å²) >= 11 is 0.